The number of aliphatic hydroxyl groups is 2. The van der Waals surface area contributed by atoms with Crippen molar-refractivity contribution < 1.29 is 15.0 Å². The average molecular weight is 284 g/mol. The number of likely N-dealkylation sites (tertiary alicyclic amines) is 1. The van der Waals surface area contributed by atoms with Crippen LogP contribution in [0.1, 0.15) is 30.9 Å². The Labute approximate surface area is 117 Å². The maximum absolute atomic E-state index is 12.1. The van der Waals surface area contributed by atoms with E-state index in [9.17, 15) is 15.0 Å². The summed E-state index contributed by atoms with van der Waals surface area (Å²) >= 11 is 5.78. The molecule has 1 aromatic carbocycles. The lowest BCUT2D eigenvalue weighted by atomic mass is 10.1. The second kappa shape index (κ2) is 6.37. The molecule has 1 aromatic rings. The summed E-state index contributed by atoms with van der Waals surface area (Å²) in [4.78, 5) is 13.8. The SMILES string of the molecule is O=C(CC(O)c1ccc(Cl)cc1)N1CCCC1CO. The summed E-state index contributed by atoms with van der Waals surface area (Å²) < 4.78 is 0. The van der Waals surface area contributed by atoms with E-state index >= 15 is 0 Å². The molecule has 1 aliphatic rings. The molecule has 1 saturated heterocycles. The summed E-state index contributed by atoms with van der Waals surface area (Å²) in [7, 11) is 0. The molecule has 0 spiro atoms. The second-order valence-electron chi connectivity index (χ2n) is 4.84. The van der Waals surface area contributed by atoms with Gasteiger partial charge in [-0.15, -0.1) is 0 Å². The van der Waals surface area contributed by atoms with E-state index in [1.165, 1.54) is 0 Å². The predicted octanol–water partition coefficient (Wildman–Crippen LogP) is 1.75. The molecule has 4 nitrogen and oxygen atoms in total. The third-order valence-corrected chi connectivity index (χ3v) is 3.78. The smallest absolute Gasteiger partial charge is 0.225 e. The summed E-state index contributed by atoms with van der Waals surface area (Å²) in [6.07, 6.45) is 0.954. The van der Waals surface area contributed by atoms with Crippen molar-refractivity contribution in [3.05, 3.63) is 34.9 Å². The van der Waals surface area contributed by atoms with Gasteiger partial charge >= 0.3 is 0 Å². The van der Waals surface area contributed by atoms with Crippen molar-refractivity contribution in [1.29, 1.82) is 0 Å². The Hall–Kier alpha value is -1.10. The molecule has 0 saturated carbocycles. The highest BCUT2D eigenvalue weighted by atomic mass is 35.5. The Morgan fingerprint density at radius 1 is 1.42 bits per heavy atom. The van der Waals surface area contributed by atoms with Gasteiger partial charge < -0.3 is 15.1 Å². The number of carbonyl (C=O) groups excluding carboxylic acids is 1. The second-order valence-corrected chi connectivity index (χ2v) is 5.27. The molecular formula is C14H18ClNO3. The van der Waals surface area contributed by atoms with Gasteiger partial charge in [-0.2, -0.15) is 0 Å². The average Bonchev–Trinajstić information content (AvgIpc) is 2.87. The Kier molecular flexibility index (Phi) is 4.80. The van der Waals surface area contributed by atoms with Crippen molar-refractivity contribution in [3.63, 3.8) is 0 Å². The van der Waals surface area contributed by atoms with E-state index < -0.39 is 6.10 Å². The predicted molar refractivity (Wildman–Crippen MR) is 72.8 cm³/mol. The van der Waals surface area contributed by atoms with Crippen molar-refractivity contribution in [3.8, 4) is 0 Å². The summed E-state index contributed by atoms with van der Waals surface area (Å²) in [6.45, 7) is 0.653. The van der Waals surface area contributed by atoms with Gasteiger partial charge in [0.25, 0.3) is 0 Å². The first kappa shape index (κ1) is 14.3. The van der Waals surface area contributed by atoms with Gasteiger partial charge in [0.05, 0.1) is 25.2 Å². The highest BCUT2D eigenvalue weighted by Crippen LogP contribution is 2.23. The maximum atomic E-state index is 12.1. The zero-order chi connectivity index (χ0) is 13.8. The molecular weight excluding hydrogens is 266 g/mol. The Morgan fingerprint density at radius 3 is 2.74 bits per heavy atom. The minimum absolute atomic E-state index is 0.0111. The molecule has 1 amide bonds. The van der Waals surface area contributed by atoms with E-state index in [4.69, 9.17) is 11.6 Å². The number of carbonyl (C=O) groups is 1. The molecule has 1 aliphatic heterocycles. The third-order valence-electron chi connectivity index (χ3n) is 3.53. The summed E-state index contributed by atoms with van der Waals surface area (Å²) in [5.74, 6) is -0.112. The number of hydrogen-bond acceptors (Lipinski definition) is 3. The monoisotopic (exact) mass is 283 g/mol. The molecule has 5 heteroatoms. The van der Waals surface area contributed by atoms with E-state index in [2.05, 4.69) is 0 Å². The van der Waals surface area contributed by atoms with E-state index in [1.54, 1.807) is 29.2 Å². The summed E-state index contributed by atoms with van der Waals surface area (Å²) in [6, 6.07) is 6.72. The van der Waals surface area contributed by atoms with Crippen LogP contribution < -0.4 is 0 Å². The Morgan fingerprint density at radius 2 is 2.11 bits per heavy atom. The quantitative estimate of drug-likeness (QED) is 0.885. The van der Waals surface area contributed by atoms with Gasteiger partial charge in [0, 0.05) is 11.6 Å². The van der Waals surface area contributed by atoms with Crippen LogP contribution in [0.3, 0.4) is 0 Å². The van der Waals surface area contributed by atoms with Crippen molar-refractivity contribution in [2.45, 2.75) is 31.4 Å². The fourth-order valence-electron chi connectivity index (χ4n) is 2.44. The minimum Gasteiger partial charge on any atom is -0.394 e. The number of amides is 1. The molecule has 2 rings (SSSR count). The zero-order valence-electron chi connectivity index (χ0n) is 10.6. The summed E-state index contributed by atoms with van der Waals surface area (Å²) in [5, 5.41) is 19.8. The minimum atomic E-state index is -0.829. The standard InChI is InChI=1S/C14H18ClNO3/c15-11-5-3-10(4-6-11)13(18)8-14(19)16-7-1-2-12(16)9-17/h3-6,12-13,17-18H,1-2,7-9H2. The van der Waals surface area contributed by atoms with Gasteiger partial charge in [-0.3, -0.25) is 4.79 Å². The highest BCUT2D eigenvalue weighted by molar-refractivity contribution is 6.30. The molecule has 2 unspecified atom stereocenters. The largest absolute Gasteiger partial charge is 0.394 e. The number of halogens is 1. The van der Waals surface area contributed by atoms with Crippen molar-refractivity contribution >= 4 is 17.5 Å². The van der Waals surface area contributed by atoms with E-state index in [1.807, 2.05) is 0 Å². The lowest BCUT2D eigenvalue weighted by Crippen LogP contribution is -2.38. The Balaban J connectivity index is 1.96. The van der Waals surface area contributed by atoms with Crippen molar-refractivity contribution in [2.24, 2.45) is 0 Å². The van der Waals surface area contributed by atoms with Crippen molar-refractivity contribution in [1.82, 2.24) is 4.90 Å². The van der Waals surface area contributed by atoms with Gasteiger partial charge in [0.15, 0.2) is 0 Å². The van der Waals surface area contributed by atoms with Crippen molar-refractivity contribution in [2.75, 3.05) is 13.2 Å². The molecule has 2 N–H and O–H groups in total. The molecule has 0 aromatic heterocycles. The number of hydrogen-bond donors (Lipinski definition) is 2. The molecule has 1 heterocycles. The maximum Gasteiger partial charge on any atom is 0.225 e. The molecule has 1 fully saturated rings. The fourth-order valence-corrected chi connectivity index (χ4v) is 2.57. The van der Waals surface area contributed by atoms with E-state index in [0.717, 1.165) is 12.8 Å². The lowest BCUT2D eigenvalue weighted by Gasteiger charge is -2.24. The van der Waals surface area contributed by atoms with Gasteiger partial charge in [0.2, 0.25) is 5.91 Å². The number of benzene rings is 1. The normalized spacial score (nSPS) is 20.6. The van der Waals surface area contributed by atoms with Crippen LogP contribution in [0.15, 0.2) is 24.3 Å². The first-order valence-corrected chi connectivity index (χ1v) is 6.83. The third kappa shape index (κ3) is 3.47. The molecule has 0 aliphatic carbocycles. The number of nitrogens with zero attached hydrogens (tertiary/aromatic N) is 1. The molecule has 104 valence electrons. The van der Waals surface area contributed by atoms with Gasteiger partial charge in [-0.05, 0) is 30.5 Å². The van der Waals surface area contributed by atoms with E-state index in [0.29, 0.717) is 17.1 Å². The molecule has 0 bridgehead atoms. The van der Waals surface area contributed by atoms with Gasteiger partial charge in [0.1, 0.15) is 0 Å². The number of aliphatic hydroxyl groups excluding tert-OH is 2. The van der Waals surface area contributed by atoms with Gasteiger partial charge in [-0.25, -0.2) is 0 Å². The fraction of sp³-hybridized carbons (Fsp3) is 0.500. The van der Waals surface area contributed by atoms with Crippen LogP contribution in [0, 0.1) is 0 Å². The summed E-state index contributed by atoms with van der Waals surface area (Å²) in [5.41, 5.74) is 0.678. The molecule has 2 atom stereocenters. The lowest BCUT2D eigenvalue weighted by molar-refractivity contribution is -0.134. The van der Waals surface area contributed by atoms with Crippen LogP contribution in [0.25, 0.3) is 0 Å². The van der Waals surface area contributed by atoms with E-state index in [-0.39, 0.29) is 25.0 Å². The number of rotatable bonds is 4. The highest BCUT2D eigenvalue weighted by Gasteiger charge is 2.29. The van der Waals surface area contributed by atoms with Crippen LogP contribution >= 0.6 is 11.6 Å². The van der Waals surface area contributed by atoms with Crippen LogP contribution in [0.4, 0.5) is 0 Å². The van der Waals surface area contributed by atoms with Crippen LogP contribution in [0.2, 0.25) is 5.02 Å². The van der Waals surface area contributed by atoms with Crippen LogP contribution in [0.5, 0.6) is 0 Å². The molecule has 19 heavy (non-hydrogen) atoms. The van der Waals surface area contributed by atoms with Crippen LogP contribution in [-0.2, 0) is 4.79 Å². The van der Waals surface area contributed by atoms with Crippen LogP contribution in [-0.4, -0.2) is 40.2 Å². The van der Waals surface area contributed by atoms with Gasteiger partial charge in [-0.1, -0.05) is 23.7 Å². The molecule has 0 radical (unpaired) electrons. The topological polar surface area (TPSA) is 60.8 Å². The first-order valence-electron chi connectivity index (χ1n) is 6.45. The zero-order valence-corrected chi connectivity index (χ0v) is 11.4. The first-order chi connectivity index (χ1) is 9.11. The Bertz CT molecular complexity index is 435.